The number of nitrogens with one attached hydrogen (secondary N) is 1. The predicted octanol–water partition coefficient (Wildman–Crippen LogP) is 2.02. The highest BCUT2D eigenvalue weighted by atomic mass is 32.1. The Balaban J connectivity index is 2.10. The molecule has 0 amide bonds. The van der Waals surface area contributed by atoms with Crippen LogP contribution in [-0.4, -0.2) is 30.4 Å². The Morgan fingerprint density at radius 3 is 3.06 bits per heavy atom. The molecule has 0 aliphatic carbocycles. The molecule has 2 atom stereocenters. The van der Waals surface area contributed by atoms with Gasteiger partial charge < -0.3 is 15.2 Å². The molecular weight excluding hydrogens is 246 g/mol. The molecule has 100 valence electrons. The molecular formula is C14H21NO2S. The van der Waals surface area contributed by atoms with E-state index in [1.807, 2.05) is 17.5 Å². The largest absolute Gasteiger partial charge is 0.389 e. The SMILES string of the molecule is C#CC(CCC)NCC(O)COCc1cccs1. The Kier molecular flexibility index (Phi) is 7.70. The molecule has 18 heavy (non-hydrogen) atoms. The summed E-state index contributed by atoms with van der Waals surface area (Å²) >= 11 is 1.65. The quantitative estimate of drug-likeness (QED) is 0.673. The first-order chi connectivity index (χ1) is 8.76. The number of terminal acetylenes is 1. The van der Waals surface area contributed by atoms with E-state index in [2.05, 4.69) is 18.2 Å². The molecule has 0 bridgehead atoms. The molecule has 0 radical (unpaired) electrons. The Hall–Kier alpha value is -0.860. The van der Waals surface area contributed by atoms with Crippen LogP contribution in [0.2, 0.25) is 0 Å². The Labute approximate surface area is 113 Å². The van der Waals surface area contributed by atoms with Crippen LogP contribution in [0.25, 0.3) is 0 Å². The third kappa shape index (κ3) is 6.18. The van der Waals surface area contributed by atoms with E-state index in [1.54, 1.807) is 11.3 Å². The van der Waals surface area contributed by atoms with E-state index in [9.17, 15) is 5.11 Å². The Morgan fingerprint density at radius 1 is 1.61 bits per heavy atom. The van der Waals surface area contributed by atoms with Crippen molar-refractivity contribution in [3.63, 3.8) is 0 Å². The van der Waals surface area contributed by atoms with Gasteiger partial charge in [0.2, 0.25) is 0 Å². The van der Waals surface area contributed by atoms with Gasteiger partial charge >= 0.3 is 0 Å². The average molecular weight is 267 g/mol. The number of hydrogen-bond acceptors (Lipinski definition) is 4. The zero-order chi connectivity index (χ0) is 13.2. The van der Waals surface area contributed by atoms with Crippen LogP contribution >= 0.6 is 11.3 Å². The molecule has 0 spiro atoms. The molecule has 0 saturated heterocycles. The van der Waals surface area contributed by atoms with E-state index in [-0.39, 0.29) is 6.04 Å². The van der Waals surface area contributed by atoms with Crippen molar-refractivity contribution in [2.75, 3.05) is 13.2 Å². The van der Waals surface area contributed by atoms with Gasteiger partial charge in [0.15, 0.2) is 0 Å². The van der Waals surface area contributed by atoms with Gasteiger partial charge in [0.1, 0.15) is 0 Å². The molecule has 2 N–H and O–H groups in total. The summed E-state index contributed by atoms with van der Waals surface area (Å²) in [7, 11) is 0. The second-order valence-corrected chi connectivity index (χ2v) is 5.20. The molecule has 0 aliphatic rings. The van der Waals surface area contributed by atoms with Gasteiger partial charge in [-0.2, -0.15) is 0 Å². The van der Waals surface area contributed by atoms with E-state index >= 15 is 0 Å². The smallest absolute Gasteiger partial charge is 0.0898 e. The highest BCUT2D eigenvalue weighted by Crippen LogP contribution is 2.09. The number of ether oxygens (including phenoxy) is 1. The summed E-state index contributed by atoms with van der Waals surface area (Å²) < 4.78 is 5.43. The van der Waals surface area contributed by atoms with Gasteiger partial charge in [0.05, 0.1) is 25.4 Å². The predicted molar refractivity (Wildman–Crippen MR) is 75.5 cm³/mol. The first-order valence-electron chi connectivity index (χ1n) is 6.24. The number of aliphatic hydroxyl groups excluding tert-OH is 1. The second kappa shape index (κ2) is 9.12. The number of aliphatic hydroxyl groups is 1. The van der Waals surface area contributed by atoms with Crippen LogP contribution in [0, 0.1) is 12.3 Å². The number of rotatable bonds is 9. The molecule has 1 aromatic heterocycles. The van der Waals surface area contributed by atoms with Crippen molar-refractivity contribution in [2.24, 2.45) is 0 Å². The molecule has 1 rings (SSSR count). The summed E-state index contributed by atoms with van der Waals surface area (Å²) in [6.45, 7) is 3.45. The highest BCUT2D eigenvalue weighted by molar-refractivity contribution is 7.09. The van der Waals surface area contributed by atoms with E-state index in [4.69, 9.17) is 11.2 Å². The summed E-state index contributed by atoms with van der Waals surface area (Å²) in [5, 5.41) is 14.9. The topological polar surface area (TPSA) is 41.5 Å². The van der Waals surface area contributed by atoms with E-state index < -0.39 is 6.10 Å². The van der Waals surface area contributed by atoms with Crippen LogP contribution < -0.4 is 5.32 Å². The molecule has 1 aromatic rings. The molecule has 4 heteroatoms. The summed E-state index contributed by atoms with van der Waals surface area (Å²) in [6.07, 6.45) is 6.83. The maximum absolute atomic E-state index is 9.74. The van der Waals surface area contributed by atoms with Crippen molar-refractivity contribution in [3.8, 4) is 12.3 Å². The van der Waals surface area contributed by atoms with Gasteiger partial charge in [-0.25, -0.2) is 0 Å². The lowest BCUT2D eigenvalue weighted by Crippen LogP contribution is -2.36. The standard InChI is InChI=1S/C14H21NO2S/c1-3-6-12(4-2)15-9-13(16)10-17-11-14-7-5-8-18-14/h2,5,7-8,12-13,15-16H,3,6,9-11H2,1H3. The summed E-state index contributed by atoms with van der Waals surface area (Å²) in [4.78, 5) is 1.17. The second-order valence-electron chi connectivity index (χ2n) is 4.16. The van der Waals surface area contributed by atoms with Gasteiger partial charge in [-0.1, -0.05) is 25.3 Å². The minimum Gasteiger partial charge on any atom is -0.389 e. The Bertz CT molecular complexity index is 345. The van der Waals surface area contributed by atoms with Crippen LogP contribution in [0.3, 0.4) is 0 Å². The first-order valence-corrected chi connectivity index (χ1v) is 7.12. The lowest BCUT2D eigenvalue weighted by Gasteiger charge is -2.16. The molecule has 3 nitrogen and oxygen atoms in total. The monoisotopic (exact) mass is 267 g/mol. The summed E-state index contributed by atoms with van der Waals surface area (Å²) in [5.41, 5.74) is 0. The van der Waals surface area contributed by atoms with Crippen LogP contribution in [0.5, 0.6) is 0 Å². The zero-order valence-corrected chi connectivity index (χ0v) is 11.6. The number of thiophene rings is 1. The van der Waals surface area contributed by atoms with Crippen LogP contribution in [0.4, 0.5) is 0 Å². The first kappa shape index (κ1) is 15.2. The fourth-order valence-electron chi connectivity index (χ4n) is 1.56. The maximum Gasteiger partial charge on any atom is 0.0898 e. The fraction of sp³-hybridized carbons (Fsp3) is 0.571. The maximum atomic E-state index is 9.74. The molecule has 0 aromatic carbocycles. The van der Waals surface area contributed by atoms with Gasteiger partial charge in [0.25, 0.3) is 0 Å². The third-order valence-electron chi connectivity index (χ3n) is 2.51. The van der Waals surface area contributed by atoms with Crippen molar-refractivity contribution in [1.29, 1.82) is 0 Å². The van der Waals surface area contributed by atoms with Gasteiger partial charge in [-0.3, -0.25) is 0 Å². The van der Waals surface area contributed by atoms with E-state index in [1.165, 1.54) is 4.88 Å². The fourth-order valence-corrected chi connectivity index (χ4v) is 2.20. The molecule has 0 saturated carbocycles. The van der Waals surface area contributed by atoms with Gasteiger partial charge in [-0.15, -0.1) is 17.8 Å². The van der Waals surface area contributed by atoms with Crippen molar-refractivity contribution >= 4 is 11.3 Å². The van der Waals surface area contributed by atoms with E-state index in [0.717, 1.165) is 12.8 Å². The van der Waals surface area contributed by atoms with Crippen molar-refractivity contribution in [3.05, 3.63) is 22.4 Å². The van der Waals surface area contributed by atoms with Crippen molar-refractivity contribution in [1.82, 2.24) is 5.32 Å². The third-order valence-corrected chi connectivity index (χ3v) is 3.36. The van der Waals surface area contributed by atoms with Crippen molar-refractivity contribution < 1.29 is 9.84 Å². The van der Waals surface area contributed by atoms with Crippen LogP contribution in [0.15, 0.2) is 17.5 Å². The highest BCUT2D eigenvalue weighted by Gasteiger charge is 2.08. The van der Waals surface area contributed by atoms with E-state index in [0.29, 0.717) is 19.8 Å². The summed E-state index contributed by atoms with van der Waals surface area (Å²) in [5.74, 6) is 2.68. The van der Waals surface area contributed by atoms with Crippen molar-refractivity contribution in [2.45, 2.75) is 38.5 Å². The molecule has 2 unspecified atom stereocenters. The minimum atomic E-state index is -0.516. The van der Waals surface area contributed by atoms with Gasteiger partial charge in [-0.05, 0) is 17.9 Å². The molecule has 1 heterocycles. The normalized spacial score (nSPS) is 14.1. The lowest BCUT2D eigenvalue weighted by molar-refractivity contribution is 0.0292. The minimum absolute atomic E-state index is 0.0435. The van der Waals surface area contributed by atoms with Gasteiger partial charge in [0, 0.05) is 11.4 Å². The Morgan fingerprint density at radius 2 is 2.44 bits per heavy atom. The average Bonchev–Trinajstić information content (AvgIpc) is 2.87. The van der Waals surface area contributed by atoms with Crippen LogP contribution in [-0.2, 0) is 11.3 Å². The van der Waals surface area contributed by atoms with Crippen LogP contribution in [0.1, 0.15) is 24.6 Å². The molecule has 0 fully saturated rings. The number of hydrogen-bond donors (Lipinski definition) is 2. The zero-order valence-electron chi connectivity index (χ0n) is 10.8. The lowest BCUT2D eigenvalue weighted by atomic mass is 10.2. The summed E-state index contributed by atoms with van der Waals surface area (Å²) in [6, 6.07) is 4.05. The molecule has 0 aliphatic heterocycles.